The minimum absolute atomic E-state index is 0.0517. The number of ether oxygens (including phenoxy) is 2. The third-order valence-corrected chi connectivity index (χ3v) is 3.19. The van der Waals surface area contributed by atoms with Crippen LogP contribution in [0.3, 0.4) is 0 Å². The number of esters is 1. The lowest BCUT2D eigenvalue weighted by molar-refractivity contribution is 0.0473. The number of benzene rings is 2. The second-order valence-electron chi connectivity index (χ2n) is 4.27. The van der Waals surface area contributed by atoms with Gasteiger partial charge in [0, 0.05) is 5.56 Å². The van der Waals surface area contributed by atoms with Crippen molar-refractivity contribution in [3.63, 3.8) is 0 Å². The summed E-state index contributed by atoms with van der Waals surface area (Å²) in [5.74, 6) is -0.518. The number of nitrogens with two attached hydrogens (primary N) is 1. The maximum absolute atomic E-state index is 12.9. The molecule has 2 N–H and O–H groups in total. The molecule has 0 aliphatic carbocycles. The SMILES string of the molecule is COc1ccc(C(=O)OCc2ccc(F)cc2Cl)cc1N. The fourth-order valence-corrected chi connectivity index (χ4v) is 1.95. The second kappa shape index (κ2) is 6.45. The minimum Gasteiger partial charge on any atom is -0.495 e. The van der Waals surface area contributed by atoms with Crippen molar-refractivity contribution in [2.45, 2.75) is 6.61 Å². The molecule has 0 aromatic heterocycles. The van der Waals surface area contributed by atoms with Crippen LogP contribution in [0.25, 0.3) is 0 Å². The van der Waals surface area contributed by atoms with Gasteiger partial charge in [-0.1, -0.05) is 17.7 Å². The van der Waals surface area contributed by atoms with Gasteiger partial charge in [-0.3, -0.25) is 0 Å². The third kappa shape index (κ3) is 3.64. The molecule has 2 aromatic rings. The molecule has 0 saturated heterocycles. The molecule has 0 atom stereocenters. The van der Waals surface area contributed by atoms with Crippen molar-refractivity contribution in [2.75, 3.05) is 12.8 Å². The number of methoxy groups -OCH3 is 1. The van der Waals surface area contributed by atoms with Gasteiger partial charge in [-0.15, -0.1) is 0 Å². The number of carbonyl (C=O) groups is 1. The summed E-state index contributed by atoms with van der Waals surface area (Å²) in [7, 11) is 1.49. The average molecular weight is 310 g/mol. The summed E-state index contributed by atoms with van der Waals surface area (Å²) in [6, 6.07) is 8.47. The molecule has 0 saturated carbocycles. The summed E-state index contributed by atoms with van der Waals surface area (Å²) in [6.45, 7) is -0.0517. The van der Waals surface area contributed by atoms with E-state index in [1.807, 2.05) is 0 Å². The molecule has 0 radical (unpaired) electrons. The summed E-state index contributed by atoms with van der Waals surface area (Å²) in [4.78, 5) is 11.9. The monoisotopic (exact) mass is 309 g/mol. The number of hydrogen-bond donors (Lipinski definition) is 1. The van der Waals surface area contributed by atoms with Crippen molar-refractivity contribution in [2.24, 2.45) is 0 Å². The van der Waals surface area contributed by atoms with E-state index in [9.17, 15) is 9.18 Å². The molecule has 0 spiro atoms. The van der Waals surface area contributed by atoms with Gasteiger partial charge in [-0.2, -0.15) is 0 Å². The molecular formula is C15H13ClFNO3. The highest BCUT2D eigenvalue weighted by Gasteiger charge is 2.11. The van der Waals surface area contributed by atoms with Gasteiger partial charge in [-0.05, 0) is 30.3 Å². The first-order valence-electron chi connectivity index (χ1n) is 6.06. The summed E-state index contributed by atoms with van der Waals surface area (Å²) < 4.78 is 23.0. The van der Waals surface area contributed by atoms with Crippen molar-refractivity contribution >= 4 is 23.3 Å². The number of rotatable bonds is 4. The zero-order valence-electron chi connectivity index (χ0n) is 11.2. The van der Waals surface area contributed by atoms with Gasteiger partial charge in [0.2, 0.25) is 0 Å². The number of hydrogen-bond acceptors (Lipinski definition) is 4. The smallest absolute Gasteiger partial charge is 0.338 e. The Labute approximate surface area is 126 Å². The topological polar surface area (TPSA) is 61.5 Å². The lowest BCUT2D eigenvalue weighted by Crippen LogP contribution is -2.06. The van der Waals surface area contributed by atoms with Crippen molar-refractivity contribution in [3.05, 3.63) is 58.4 Å². The van der Waals surface area contributed by atoms with E-state index in [2.05, 4.69) is 0 Å². The Morgan fingerprint density at radius 2 is 2.05 bits per heavy atom. The molecule has 4 nitrogen and oxygen atoms in total. The predicted molar refractivity (Wildman–Crippen MR) is 77.9 cm³/mol. The third-order valence-electron chi connectivity index (χ3n) is 2.84. The molecule has 0 amide bonds. The van der Waals surface area contributed by atoms with Crippen molar-refractivity contribution in [1.82, 2.24) is 0 Å². The van der Waals surface area contributed by atoms with Gasteiger partial charge in [0.25, 0.3) is 0 Å². The van der Waals surface area contributed by atoms with Crippen LogP contribution in [-0.4, -0.2) is 13.1 Å². The summed E-state index contributed by atoms with van der Waals surface area (Å²) in [5, 5.41) is 0.206. The lowest BCUT2D eigenvalue weighted by atomic mass is 10.2. The Morgan fingerprint density at radius 3 is 2.67 bits per heavy atom. The van der Waals surface area contributed by atoms with Crippen molar-refractivity contribution in [1.29, 1.82) is 0 Å². The molecule has 0 aliphatic heterocycles. The maximum Gasteiger partial charge on any atom is 0.338 e. The quantitative estimate of drug-likeness (QED) is 0.694. The number of anilines is 1. The van der Waals surface area contributed by atoms with Crippen LogP contribution < -0.4 is 10.5 Å². The van der Waals surface area contributed by atoms with Crippen LogP contribution in [-0.2, 0) is 11.3 Å². The summed E-state index contributed by atoms with van der Waals surface area (Å²) in [6.07, 6.45) is 0. The van der Waals surface area contributed by atoms with Gasteiger partial charge >= 0.3 is 5.97 Å². The number of halogens is 2. The number of carbonyl (C=O) groups excluding carboxylic acids is 1. The Hall–Kier alpha value is -2.27. The molecule has 2 rings (SSSR count). The molecule has 21 heavy (non-hydrogen) atoms. The number of nitrogen functional groups attached to an aromatic ring is 1. The molecule has 6 heteroatoms. The standard InChI is InChI=1S/C15H13ClFNO3/c1-20-14-5-3-9(6-13(14)18)15(19)21-8-10-2-4-11(17)7-12(10)16/h2-7H,8,18H2,1H3. The van der Waals surface area contributed by atoms with Crippen LogP contribution in [0.2, 0.25) is 5.02 Å². The van der Waals surface area contributed by atoms with Crippen LogP contribution in [0.5, 0.6) is 5.75 Å². The van der Waals surface area contributed by atoms with E-state index in [4.69, 9.17) is 26.8 Å². The van der Waals surface area contributed by atoms with Gasteiger partial charge < -0.3 is 15.2 Å². The molecule has 0 unspecified atom stereocenters. The Bertz CT molecular complexity index is 676. The van der Waals surface area contributed by atoms with E-state index in [0.29, 0.717) is 22.6 Å². The first-order valence-corrected chi connectivity index (χ1v) is 6.43. The fraction of sp³-hybridized carbons (Fsp3) is 0.133. The van der Waals surface area contributed by atoms with Crippen LogP contribution in [0, 0.1) is 5.82 Å². The lowest BCUT2D eigenvalue weighted by Gasteiger charge is -2.09. The Balaban J connectivity index is 2.06. The molecule has 2 aromatic carbocycles. The van der Waals surface area contributed by atoms with Gasteiger partial charge in [-0.25, -0.2) is 9.18 Å². The highest BCUT2D eigenvalue weighted by molar-refractivity contribution is 6.31. The van der Waals surface area contributed by atoms with Crippen LogP contribution in [0.4, 0.5) is 10.1 Å². The van der Waals surface area contributed by atoms with Crippen LogP contribution in [0.1, 0.15) is 15.9 Å². The van der Waals surface area contributed by atoms with E-state index in [0.717, 1.165) is 6.07 Å². The Morgan fingerprint density at radius 1 is 1.29 bits per heavy atom. The van der Waals surface area contributed by atoms with E-state index >= 15 is 0 Å². The maximum atomic E-state index is 12.9. The van der Waals surface area contributed by atoms with Crippen LogP contribution in [0.15, 0.2) is 36.4 Å². The normalized spacial score (nSPS) is 10.2. The summed E-state index contributed by atoms with van der Waals surface area (Å²) in [5.41, 5.74) is 6.88. The Kier molecular flexibility index (Phi) is 4.65. The molecule has 0 heterocycles. The molecule has 110 valence electrons. The summed E-state index contributed by atoms with van der Waals surface area (Å²) >= 11 is 5.86. The van der Waals surface area contributed by atoms with Gasteiger partial charge in [0.1, 0.15) is 18.2 Å². The first-order chi connectivity index (χ1) is 10.0. The predicted octanol–water partition coefficient (Wildman–Crippen LogP) is 3.43. The molecule has 0 bridgehead atoms. The van der Waals surface area contributed by atoms with E-state index in [1.165, 1.54) is 25.3 Å². The van der Waals surface area contributed by atoms with Gasteiger partial charge in [0.05, 0.1) is 23.4 Å². The zero-order chi connectivity index (χ0) is 15.4. The highest BCUT2D eigenvalue weighted by Crippen LogP contribution is 2.23. The van der Waals surface area contributed by atoms with Crippen LogP contribution >= 0.6 is 11.6 Å². The highest BCUT2D eigenvalue weighted by atomic mass is 35.5. The molecule has 0 fully saturated rings. The molecule has 0 aliphatic rings. The van der Waals surface area contributed by atoms with Crippen molar-refractivity contribution < 1.29 is 18.7 Å². The average Bonchev–Trinajstić information content (AvgIpc) is 2.46. The van der Waals surface area contributed by atoms with E-state index < -0.39 is 11.8 Å². The molecular weight excluding hydrogens is 297 g/mol. The van der Waals surface area contributed by atoms with Crippen molar-refractivity contribution in [3.8, 4) is 5.75 Å². The fourth-order valence-electron chi connectivity index (χ4n) is 1.73. The first kappa shape index (κ1) is 15.1. The largest absolute Gasteiger partial charge is 0.495 e. The van der Waals surface area contributed by atoms with E-state index in [-0.39, 0.29) is 11.6 Å². The van der Waals surface area contributed by atoms with Gasteiger partial charge in [0.15, 0.2) is 0 Å². The minimum atomic E-state index is -0.551. The second-order valence-corrected chi connectivity index (χ2v) is 4.68. The zero-order valence-corrected chi connectivity index (χ0v) is 12.0. The van der Waals surface area contributed by atoms with E-state index in [1.54, 1.807) is 12.1 Å².